The minimum absolute atomic E-state index is 0. The highest BCUT2D eigenvalue weighted by atomic mass is 127. The smallest absolute Gasteiger partial charge is 0.0353 e. The molecule has 0 aromatic carbocycles. The summed E-state index contributed by atoms with van der Waals surface area (Å²) in [5.41, 5.74) is 0. The molecule has 54 valence electrons. The predicted octanol–water partition coefficient (Wildman–Crippen LogP) is 2.20. The van der Waals surface area contributed by atoms with E-state index in [2.05, 4.69) is 30.3 Å². The van der Waals surface area contributed by atoms with Crippen LogP contribution in [0.15, 0.2) is 24.4 Å². The Morgan fingerprint density at radius 2 is 2.00 bits per heavy atom. The molecule has 1 rings (SSSR count). The van der Waals surface area contributed by atoms with Gasteiger partial charge in [0.25, 0.3) is 0 Å². The van der Waals surface area contributed by atoms with Crippen molar-refractivity contribution in [3.8, 4) is 0 Å². The highest BCUT2D eigenvalue weighted by Crippen LogP contribution is 1.91. The molecular weight excluding hydrogens is 293 g/mol. The Morgan fingerprint density at radius 1 is 1.33 bits per heavy atom. The molecule has 1 heterocycles. The molecule has 0 atom stereocenters. The van der Waals surface area contributed by atoms with E-state index < -0.39 is 0 Å². The number of likely N-dealkylation sites (N-methyl/N-ethyl adjacent to an activating group) is 1. The highest BCUT2D eigenvalue weighted by molar-refractivity contribution is 14.0. The van der Waals surface area contributed by atoms with Gasteiger partial charge in [-0.3, -0.25) is 0 Å². The van der Waals surface area contributed by atoms with Crippen molar-refractivity contribution in [2.75, 3.05) is 13.6 Å². The number of nitrogens with zero attached hydrogens (tertiary/aromatic N) is 1. The maximum atomic E-state index is 2.12. The summed E-state index contributed by atoms with van der Waals surface area (Å²) in [6.07, 6.45) is 8.27. The minimum Gasteiger partial charge on any atom is -0.377 e. The molecule has 3 heteroatoms. The lowest BCUT2D eigenvalue weighted by atomic mass is 10.4. The Morgan fingerprint density at radius 3 is 2.22 bits per heavy atom. The number of hydrogen-bond acceptors (Lipinski definition) is 1. The van der Waals surface area contributed by atoms with E-state index in [4.69, 9.17) is 0 Å². The zero-order valence-electron chi connectivity index (χ0n) is 5.28. The van der Waals surface area contributed by atoms with Crippen LogP contribution < -0.4 is 0 Å². The van der Waals surface area contributed by atoms with E-state index in [1.165, 1.54) is 0 Å². The summed E-state index contributed by atoms with van der Waals surface area (Å²) in [5.74, 6) is 0. The van der Waals surface area contributed by atoms with E-state index in [0.29, 0.717) is 0 Å². The van der Waals surface area contributed by atoms with Crippen molar-refractivity contribution < 1.29 is 0 Å². The third-order valence-electron chi connectivity index (χ3n) is 0.981. The van der Waals surface area contributed by atoms with Gasteiger partial charge in [0.05, 0.1) is 0 Å². The van der Waals surface area contributed by atoms with Crippen LogP contribution in [0.2, 0.25) is 0 Å². The molecular formula is C6H11BrIN. The molecule has 0 aromatic rings. The predicted molar refractivity (Wildman–Crippen MR) is 56.6 cm³/mol. The zero-order chi connectivity index (χ0) is 5.11. The maximum absolute atomic E-state index is 2.12. The second kappa shape index (κ2) is 6.61. The summed E-state index contributed by atoms with van der Waals surface area (Å²) in [7, 11) is 2.06. The Bertz CT molecular complexity index is 112. The molecule has 0 saturated carbocycles. The molecule has 0 N–H and O–H groups in total. The summed E-state index contributed by atoms with van der Waals surface area (Å²) < 4.78 is 0. The third-order valence-corrected chi connectivity index (χ3v) is 0.981. The maximum Gasteiger partial charge on any atom is 0.0353 e. The number of allylic oxidation sites excluding steroid dienone is 2. The van der Waals surface area contributed by atoms with Gasteiger partial charge in [-0.05, 0) is 12.3 Å². The summed E-state index contributed by atoms with van der Waals surface area (Å²) in [4.78, 5) is 2.12. The van der Waals surface area contributed by atoms with Gasteiger partial charge in [-0.15, -0.1) is 41.0 Å². The van der Waals surface area contributed by atoms with Crippen molar-refractivity contribution in [2.45, 2.75) is 0 Å². The van der Waals surface area contributed by atoms with Crippen LogP contribution in [0.25, 0.3) is 0 Å². The van der Waals surface area contributed by atoms with Gasteiger partial charge in [0.2, 0.25) is 0 Å². The van der Waals surface area contributed by atoms with Crippen molar-refractivity contribution in [2.24, 2.45) is 0 Å². The van der Waals surface area contributed by atoms with Crippen molar-refractivity contribution in [1.82, 2.24) is 4.90 Å². The van der Waals surface area contributed by atoms with Gasteiger partial charge >= 0.3 is 0 Å². The molecule has 0 aromatic heterocycles. The molecule has 0 radical (unpaired) electrons. The van der Waals surface area contributed by atoms with Crippen LogP contribution in [0.3, 0.4) is 0 Å². The molecule has 0 spiro atoms. The topological polar surface area (TPSA) is 3.24 Å². The monoisotopic (exact) mass is 303 g/mol. The van der Waals surface area contributed by atoms with Crippen molar-refractivity contribution in [1.29, 1.82) is 0 Å². The molecule has 0 fully saturated rings. The van der Waals surface area contributed by atoms with Gasteiger partial charge < -0.3 is 4.90 Å². The van der Waals surface area contributed by atoms with Crippen LogP contribution in [-0.4, -0.2) is 18.5 Å². The molecule has 1 nitrogen and oxygen atoms in total. The van der Waals surface area contributed by atoms with Crippen LogP contribution in [0, 0.1) is 0 Å². The second-order valence-electron chi connectivity index (χ2n) is 1.71. The lowest BCUT2D eigenvalue weighted by molar-refractivity contribution is 0.505. The van der Waals surface area contributed by atoms with Gasteiger partial charge in [0, 0.05) is 13.6 Å². The Balaban J connectivity index is 0. The van der Waals surface area contributed by atoms with Gasteiger partial charge in [-0.1, -0.05) is 12.2 Å². The van der Waals surface area contributed by atoms with E-state index in [1.54, 1.807) is 0 Å². The summed E-state index contributed by atoms with van der Waals surface area (Å²) in [5, 5.41) is 0. The summed E-state index contributed by atoms with van der Waals surface area (Å²) in [6, 6.07) is 0. The number of halogens is 2. The largest absolute Gasteiger partial charge is 0.377 e. The highest BCUT2D eigenvalue weighted by Gasteiger charge is 1.86. The van der Waals surface area contributed by atoms with Crippen LogP contribution in [0.5, 0.6) is 0 Å². The molecule has 9 heavy (non-hydrogen) atoms. The first kappa shape index (κ1) is 12.2. The molecule has 0 unspecified atom stereocenters. The van der Waals surface area contributed by atoms with Gasteiger partial charge in [-0.25, -0.2) is 0 Å². The van der Waals surface area contributed by atoms with Crippen LogP contribution in [0.4, 0.5) is 0 Å². The lowest BCUT2D eigenvalue weighted by Crippen LogP contribution is -2.11. The fraction of sp³-hybridized carbons (Fsp3) is 0.333. The quantitative estimate of drug-likeness (QED) is 0.620. The Hall–Kier alpha value is 0.490. The first-order valence-electron chi connectivity index (χ1n) is 2.43. The van der Waals surface area contributed by atoms with Crippen molar-refractivity contribution in [3.05, 3.63) is 24.4 Å². The Kier molecular flexibility index (Phi) is 8.95. The molecule has 0 amide bonds. The van der Waals surface area contributed by atoms with Crippen molar-refractivity contribution >= 4 is 41.0 Å². The van der Waals surface area contributed by atoms with Crippen LogP contribution >= 0.6 is 41.0 Å². The summed E-state index contributed by atoms with van der Waals surface area (Å²) in [6.45, 7) is 1.05. The van der Waals surface area contributed by atoms with Crippen LogP contribution in [-0.2, 0) is 0 Å². The normalized spacial score (nSPS) is 14.1. The van der Waals surface area contributed by atoms with E-state index in [9.17, 15) is 0 Å². The third kappa shape index (κ3) is 4.96. The second-order valence-corrected chi connectivity index (χ2v) is 1.71. The zero-order valence-corrected chi connectivity index (χ0v) is 9.32. The molecule has 0 bridgehead atoms. The fourth-order valence-electron chi connectivity index (χ4n) is 0.563. The van der Waals surface area contributed by atoms with E-state index in [0.717, 1.165) is 6.54 Å². The molecule has 0 aliphatic carbocycles. The number of rotatable bonds is 0. The van der Waals surface area contributed by atoms with E-state index >= 15 is 0 Å². The molecule has 0 saturated heterocycles. The van der Waals surface area contributed by atoms with Gasteiger partial charge in [0.15, 0.2) is 0 Å². The number of hydrogen-bond donors (Lipinski definition) is 0. The summed E-state index contributed by atoms with van der Waals surface area (Å²) >= 11 is 0. The van der Waals surface area contributed by atoms with E-state index in [1.807, 2.05) is 6.08 Å². The van der Waals surface area contributed by atoms with Crippen LogP contribution in [0.1, 0.15) is 0 Å². The lowest BCUT2D eigenvalue weighted by Gasteiger charge is -2.11. The average Bonchev–Trinajstić information content (AvgIpc) is 1.69. The van der Waals surface area contributed by atoms with Crippen molar-refractivity contribution in [3.63, 3.8) is 0 Å². The first-order valence-corrected chi connectivity index (χ1v) is 2.43. The molecule has 1 aliphatic rings. The Labute approximate surface area is 83.6 Å². The first-order chi connectivity index (χ1) is 3.39. The average molecular weight is 304 g/mol. The standard InChI is InChI=1S/C6H9N.BrH.HI/c1-7-5-3-2-4-6-7;;/h2-5H,6H2,1H3;2*1H. The minimum atomic E-state index is 0. The fourth-order valence-corrected chi connectivity index (χ4v) is 0.563. The molecule has 1 aliphatic heterocycles. The van der Waals surface area contributed by atoms with Gasteiger partial charge in [-0.2, -0.15) is 0 Å². The SMILES string of the molecule is Br.CN1C=CC=CC1.I. The van der Waals surface area contributed by atoms with Gasteiger partial charge in [0.1, 0.15) is 0 Å². The van der Waals surface area contributed by atoms with E-state index in [-0.39, 0.29) is 41.0 Å².